The van der Waals surface area contributed by atoms with Crippen molar-refractivity contribution in [3.05, 3.63) is 42.0 Å². The zero-order valence-electron chi connectivity index (χ0n) is 16.6. The molecule has 142 valence electrons. The quantitative estimate of drug-likeness (QED) is 0.812. The van der Waals surface area contributed by atoms with Crippen molar-refractivity contribution in [3.63, 3.8) is 0 Å². The molecule has 1 aliphatic rings. The Morgan fingerprint density at radius 3 is 2.19 bits per heavy atom. The van der Waals surface area contributed by atoms with E-state index in [2.05, 4.69) is 51.1 Å². The van der Waals surface area contributed by atoms with E-state index in [-0.39, 0.29) is 6.61 Å². The van der Waals surface area contributed by atoms with Gasteiger partial charge in [0, 0.05) is 0 Å². The van der Waals surface area contributed by atoms with E-state index in [1.54, 1.807) is 0 Å². The Bertz CT molecular complexity index is 752. The van der Waals surface area contributed by atoms with E-state index in [0.717, 1.165) is 40.8 Å². The van der Waals surface area contributed by atoms with Gasteiger partial charge in [-0.15, -0.1) is 0 Å². The lowest BCUT2D eigenvalue weighted by Gasteiger charge is -2.37. The van der Waals surface area contributed by atoms with E-state index in [1.165, 1.54) is 12.8 Å². The number of fused-ring (bicyclic) bond motifs is 1. The van der Waals surface area contributed by atoms with Crippen molar-refractivity contribution >= 4 is 10.8 Å². The molecule has 3 rings (SSSR count). The third-order valence-corrected chi connectivity index (χ3v) is 6.00. The summed E-state index contributed by atoms with van der Waals surface area (Å²) in [6.45, 7) is 8.81. The number of ether oxygens (including phenoxy) is 1. The average molecular weight is 356 g/mol. The molecular weight excluding hydrogens is 322 g/mol. The minimum Gasteiger partial charge on any atom is -0.490 e. The Hall–Kier alpha value is -1.58. The molecule has 3 N–H and O–H groups in total. The molecule has 1 aliphatic carbocycles. The summed E-state index contributed by atoms with van der Waals surface area (Å²) in [6, 6.07) is 12.4. The number of benzene rings is 2. The van der Waals surface area contributed by atoms with Crippen LogP contribution in [0, 0.1) is 11.3 Å². The van der Waals surface area contributed by atoms with Gasteiger partial charge in [-0.25, -0.2) is 0 Å². The first-order valence-corrected chi connectivity index (χ1v) is 9.80. The molecule has 2 aromatic carbocycles. The van der Waals surface area contributed by atoms with Crippen LogP contribution in [0.4, 0.5) is 0 Å². The van der Waals surface area contributed by atoms with Crippen molar-refractivity contribution in [3.8, 4) is 5.75 Å². The van der Waals surface area contributed by atoms with Gasteiger partial charge in [0.15, 0.2) is 0 Å². The van der Waals surface area contributed by atoms with Gasteiger partial charge in [-0.05, 0) is 78.5 Å². The van der Waals surface area contributed by atoms with Gasteiger partial charge in [0.05, 0.1) is 18.2 Å². The summed E-state index contributed by atoms with van der Waals surface area (Å²) in [5.74, 6) is 1.75. The van der Waals surface area contributed by atoms with Crippen LogP contribution >= 0.6 is 0 Å². The van der Waals surface area contributed by atoms with Crippen LogP contribution in [-0.4, -0.2) is 17.8 Å². The number of aliphatic hydroxyl groups excluding tert-OH is 1. The number of hydrogen-bond donors (Lipinski definition) is 2. The largest absolute Gasteiger partial charge is 0.490 e. The number of rotatable bonds is 4. The Morgan fingerprint density at radius 2 is 1.58 bits per heavy atom. The predicted octanol–water partition coefficient (Wildman–Crippen LogP) is 4.99. The Morgan fingerprint density at radius 1 is 0.962 bits per heavy atom. The lowest BCUT2D eigenvalue weighted by Crippen LogP contribution is -2.36. The lowest BCUT2D eigenvalue weighted by atomic mass is 9.72. The van der Waals surface area contributed by atoms with Gasteiger partial charge >= 0.3 is 0 Å². The second-order valence-electron chi connectivity index (χ2n) is 9.26. The maximum Gasteiger partial charge on any atom is 0.120 e. The van der Waals surface area contributed by atoms with Crippen LogP contribution < -0.4 is 10.5 Å². The van der Waals surface area contributed by atoms with Gasteiger partial charge in [-0.1, -0.05) is 39.0 Å². The topological polar surface area (TPSA) is 55.5 Å². The van der Waals surface area contributed by atoms with Crippen molar-refractivity contribution in [1.29, 1.82) is 0 Å². The summed E-state index contributed by atoms with van der Waals surface area (Å²) in [5, 5.41) is 11.7. The maximum absolute atomic E-state index is 9.47. The van der Waals surface area contributed by atoms with Gasteiger partial charge in [-0.3, -0.25) is 0 Å². The molecule has 0 saturated heterocycles. The molecule has 0 spiro atoms. The van der Waals surface area contributed by atoms with E-state index >= 15 is 0 Å². The third kappa shape index (κ3) is 4.21. The standard InChI is InChI=1S/C23H33NO2/c1-22(2,3)18-8-11-20(12-9-18)26-21-10-6-16-13-19(23(4,24)15-25)7-5-17(16)14-21/h5-7,10,13-14,18,20,25H,8-9,11-12,15,24H2,1-4H3. The van der Waals surface area contributed by atoms with E-state index in [4.69, 9.17) is 10.5 Å². The summed E-state index contributed by atoms with van der Waals surface area (Å²) < 4.78 is 6.28. The monoisotopic (exact) mass is 355 g/mol. The molecule has 0 heterocycles. The number of nitrogens with two attached hydrogens (primary N) is 1. The van der Waals surface area contributed by atoms with Crippen LogP contribution in [0.1, 0.15) is 58.9 Å². The second kappa shape index (κ2) is 7.21. The van der Waals surface area contributed by atoms with Gasteiger partial charge in [0.1, 0.15) is 5.75 Å². The maximum atomic E-state index is 9.47. The molecule has 3 heteroatoms. The highest BCUT2D eigenvalue weighted by atomic mass is 16.5. The van der Waals surface area contributed by atoms with Gasteiger partial charge < -0.3 is 15.6 Å². The van der Waals surface area contributed by atoms with Crippen molar-refractivity contribution in [2.45, 2.75) is 65.0 Å². The molecular formula is C23H33NO2. The molecule has 1 saturated carbocycles. The molecule has 1 fully saturated rings. The van der Waals surface area contributed by atoms with Crippen molar-refractivity contribution < 1.29 is 9.84 Å². The van der Waals surface area contributed by atoms with Crippen molar-refractivity contribution in [2.75, 3.05) is 6.61 Å². The first-order valence-electron chi connectivity index (χ1n) is 9.80. The van der Waals surface area contributed by atoms with E-state index in [9.17, 15) is 5.11 Å². The zero-order chi connectivity index (χ0) is 18.9. The van der Waals surface area contributed by atoms with Crippen LogP contribution in [-0.2, 0) is 5.54 Å². The summed E-state index contributed by atoms with van der Waals surface area (Å²) in [7, 11) is 0. The van der Waals surface area contributed by atoms with Crippen LogP contribution in [0.25, 0.3) is 10.8 Å². The van der Waals surface area contributed by atoms with Gasteiger partial charge in [-0.2, -0.15) is 0 Å². The normalized spacial score (nSPS) is 23.6. The third-order valence-electron chi connectivity index (χ3n) is 6.00. The van der Waals surface area contributed by atoms with E-state index in [1.807, 2.05) is 13.0 Å². The Kier molecular flexibility index (Phi) is 5.32. The van der Waals surface area contributed by atoms with Gasteiger partial charge in [0.25, 0.3) is 0 Å². The fourth-order valence-electron chi connectivity index (χ4n) is 3.98. The van der Waals surface area contributed by atoms with E-state index in [0.29, 0.717) is 11.5 Å². The fraction of sp³-hybridized carbons (Fsp3) is 0.565. The average Bonchev–Trinajstić information content (AvgIpc) is 2.61. The van der Waals surface area contributed by atoms with Crippen LogP contribution in [0.5, 0.6) is 5.75 Å². The fourth-order valence-corrected chi connectivity index (χ4v) is 3.98. The minimum atomic E-state index is -0.713. The lowest BCUT2D eigenvalue weighted by molar-refractivity contribution is 0.0883. The minimum absolute atomic E-state index is 0.0725. The zero-order valence-corrected chi connectivity index (χ0v) is 16.6. The molecule has 0 amide bonds. The Labute approximate surface area is 157 Å². The highest BCUT2D eigenvalue weighted by molar-refractivity contribution is 5.84. The molecule has 1 unspecified atom stereocenters. The molecule has 3 nitrogen and oxygen atoms in total. The molecule has 0 aliphatic heterocycles. The summed E-state index contributed by atoms with van der Waals surface area (Å²) >= 11 is 0. The number of hydrogen-bond acceptors (Lipinski definition) is 3. The first-order chi connectivity index (χ1) is 12.2. The van der Waals surface area contributed by atoms with E-state index < -0.39 is 5.54 Å². The highest BCUT2D eigenvalue weighted by Gasteiger charge is 2.30. The highest BCUT2D eigenvalue weighted by Crippen LogP contribution is 2.39. The van der Waals surface area contributed by atoms with Crippen LogP contribution in [0.3, 0.4) is 0 Å². The predicted molar refractivity (Wildman–Crippen MR) is 108 cm³/mol. The van der Waals surface area contributed by atoms with Crippen molar-refractivity contribution in [1.82, 2.24) is 0 Å². The molecule has 1 atom stereocenters. The smallest absolute Gasteiger partial charge is 0.120 e. The molecule has 2 aromatic rings. The van der Waals surface area contributed by atoms with Crippen molar-refractivity contribution in [2.24, 2.45) is 17.1 Å². The number of aliphatic hydroxyl groups is 1. The summed E-state index contributed by atoms with van der Waals surface area (Å²) in [6.07, 6.45) is 5.11. The molecule has 0 radical (unpaired) electrons. The molecule has 26 heavy (non-hydrogen) atoms. The summed E-state index contributed by atoms with van der Waals surface area (Å²) in [5.41, 5.74) is 6.78. The SMILES string of the molecule is CC(N)(CO)c1ccc2cc(OC3CCC(C(C)(C)C)CC3)ccc2c1. The molecule has 0 bridgehead atoms. The van der Waals surface area contributed by atoms with Crippen LogP contribution in [0.2, 0.25) is 0 Å². The van der Waals surface area contributed by atoms with Gasteiger partial charge in [0.2, 0.25) is 0 Å². The van der Waals surface area contributed by atoms with Crippen LogP contribution in [0.15, 0.2) is 36.4 Å². The Balaban J connectivity index is 1.69. The second-order valence-corrected chi connectivity index (χ2v) is 9.26. The molecule has 0 aromatic heterocycles. The summed E-state index contributed by atoms with van der Waals surface area (Å²) in [4.78, 5) is 0. The first kappa shape index (κ1) is 19.2.